The maximum Gasteiger partial charge on any atom is 0.410 e. The molecule has 3 amide bonds. The summed E-state index contributed by atoms with van der Waals surface area (Å²) in [7, 11) is 0. The predicted molar refractivity (Wildman–Crippen MR) is 102 cm³/mol. The Morgan fingerprint density at radius 3 is 2.61 bits per heavy atom. The van der Waals surface area contributed by atoms with Crippen molar-refractivity contribution < 1.29 is 23.9 Å². The van der Waals surface area contributed by atoms with Gasteiger partial charge in [0.05, 0.1) is 0 Å². The van der Waals surface area contributed by atoms with E-state index in [9.17, 15) is 19.2 Å². The topological polar surface area (TPSA) is 119 Å². The van der Waals surface area contributed by atoms with Gasteiger partial charge in [0.1, 0.15) is 24.5 Å². The molecule has 1 aromatic carbocycles. The average molecular weight is 389 g/mol. The van der Waals surface area contributed by atoms with Gasteiger partial charge >= 0.3 is 6.09 Å². The largest absolute Gasteiger partial charge is 0.445 e. The van der Waals surface area contributed by atoms with Gasteiger partial charge in [-0.2, -0.15) is 0 Å². The summed E-state index contributed by atoms with van der Waals surface area (Å²) in [4.78, 5) is 49.5. The zero-order valence-corrected chi connectivity index (χ0v) is 16.1. The maximum atomic E-state index is 12.6. The van der Waals surface area contributed by atoms with E-state index >= 15 is 0 Å². The molecule has 28 heavy (non-hydrogen) atoms. The molecule has 1 heterocycles. The van der Waals surface area contributed by atoms with E-state index < -0.39 is 30.0 Å². The van der Waals surface area contributed by atoms with Crippen LogP contribution in [-0.4, -0.2) is 47.2 Å². The lowest BCUT2D eigenvalue weighted by atomic mass is 10.1. The van der Waals surface area contributed by atoms with Crippen molar-refractivity contribution >= 4 is 23.7 Å². The fourth-order valence-electron chi connectivity index (χ4n) is 3.10. The predicted octanol–water partition coefficient (Wildman–Crippen LogP) is 1.52. The first kappa shape index (κ1) is 21.4. The van der Waals surface area contributed by atoms with E-state index in [1.54, 1.807) is 6.92 Å². The van der Waals surface area contributed by atoms with Crippen molar-refractivity contribution in [3.8, 4) is 0 Å². The highest BCUT2D eigenvalue weighted by molar-refractivity contribution is 5.91. The molecule has 0 saturated carbocycles. The normalized spacial score (nSPS) is 17.0. The van der Waals surface area contributed by atoms with E-state index in [0.717, 1.165) is 5.56 Å². The third kappa shape index (κ3) is 6.07. The Balaban J connectivity index is 1.92. The van der Waals surface area contributed by atoms with Crippen LogP contribution in [0.1, 0.15) is 44.6 Å². The number of ketones is 1. The highest BCUT2D eigenvalue weighted by atomic mass is 16.6. The van der Waals surface area contributed by atoms with Crippen LogP contribution in [0.15, 0.2) is 30.3 Å². The summed E-state index contributed by atoms with van der Waals surface area (Å²) in [5, 5.41) is 2.58. The van der Waals surface area contributed by atoms with E-state index in [1.165, 1.54) is 4.90 Å². The molecule has 0 bridgehead atoms. The summed E-state index contributed by atoms with van der Waals surface area (Å²) in [5.74, 6) is -1.16. The number of benzene rings is 1. The van der Waals surface area contributed by atoms with Crippen molar-refractivity contribution in [3.05, 3.63) is 35.9 Å². The number of likely N-dealkylation sites (tertiary alicyclic amines) is 1. The smallest absolute Gasteiger partial charge is 0.410 e. The highest BCUT2D eigenvalue weighted by Gasteiger charge is 2.36. The van der Waals surface area contributed by atoms with Crippen molar-refractivity contribution in [2.75, 3.05) is 6.54 Å². The molecule has 2 rings (SSSR count). The second-order valence-corrected chi connectivity index (χ2v) is 6.79. The number of rotatable bonds is 9. The van der Waals surface area contributed by atoms with Crippen LogP contribution in [0.4, 0.5) is 4.79 Å². The summed E-state index contributed by atoms with van der Waals surface area (Å²) < 4.78 is 5.31. The van der Waals surface area contributed by atoms with Gasteiger partial charge in [-0.3, -0.25) is 19.3 Å². The van der Waals surface area contributed by atoms with Crippen LogP contribution in [-0.2, 0) is 25.7 Å². The molecule has 8 heteroatoms. The number of primary amides is 1. The quantitative estimate of drug-likeness (QED) is 0.664. The second kappa shape index (κ2) is 10.4. The number of carbonyl (C=O) groups is 4. The molecule has 1 aliphatic rings. The lowest BCUT2D eigenvalue weighted by Gasteiger charge is -2.25. The van der Waals surface area contributed by atoms with Crippen molar-refractivity contribution in [3.63, 3.8) is 0 Å². The number of carbonyl (C=O) groups excluding carboxylic acids is 4. The molecule has 1 aromatic rings. The van der Waals surface area contributed by atoms with E-state index in [-0.39, 0.29) is 25.2 Å². The van der Waals surface area contributed by atoms with Crippen LogP contribution >= 0.6 is 0 Å². The van der Waals surface area contributed by atoms with Gasteiger partial charge in [-0.1, -0.05) is 37.3 Å². The molecule has 8 nitrogen and oxygen atoms in total. The number of hydrogen-bond donors (Lipinski definition) is 2. The highest BCUT2D eigenvalue weighted by Crippen LogP contribution is 2.19. The second-order valence-electron chi connectivity index (χ2n) is 6.79. The molecule has 0 aliphatic carbocycles. The molecule has 0 unspecified atom stereocenters. The molecule has 0 spiro atoms. The molecule has 3 N–H and O–H groups in total. The van der Waals surface area contributed by atoms with Gasteiger partial charge in [-0.15, -0.1) is 0 Å². The van der Waals surface area contributed by atoms with E-state index in [1.807, 2.05) is 30.3 Å². The summed E-state index contributed by atoms with van der Waals surface area (Å²) in [6.45, 7) is 2.26. The molecule has 1 saturated heterocycles. The monoisotopic (exact) mass is 389 g/mol. The van der Waals surface area contributed by atoms with E-state index in [0.29, 0.717) is 25.8 Å². The van der Waals surface area contributed by atoms with Crippen LogP contribution in [0.25, 0.3) is 0 Å². The number of amides is 3. The Bertz CT molecular complexity index is 707. The molecule has 2 atom stereocenters. The van der Waals surface area contributed by atoms with Gasteiger partial charge in [-0.05, 0) is 24.8 Å². The molecular weight excluding hydrogens is 362 g/mol. The Labute approximate surface area is 164 Å². The first-order chi connectivity index (χ1) is 13.4. The minimum absolute atomic E-state index is 0.00696. The van der Waals surface area contributed by atoms with Crippen molar-refractivity contribution in [2.45, 2.75) is 57.7 Å². The van der Waals surface area contributed by atoms with Gasteiger partial charge in [0, 0.05) is 19.4 Å². The Kier molecular flexibility index (Phi) is 7.98. The van der Waals surface area contributed by atoms with Crippen LogP contribution in [0.3, 0.4) is 0 Å². The van der Waals surface area contributed by atoms with E-state index in [2.05, 4.69) is 5.32 Å². The number of ether oxygens (including phenoxy) is 1. The Hall–Kier alpha value is -2.90. The number of hydrogen-bond acceptors (Lipinski definition) is 5. The van der Waals surface area contributed by atoms with Gasteiger partial charge < -0.3 is 15.8 Å². The maximum absolute atomic E-state index is 12.6. The molecule has 152 valence electrons. The SMILES string of the molecule is CCC(=O)CC[C@H](NC(=O)[C@H]1CCCN1C(=O)OCc1ccccc1)C(N)=O. The van der Waals surface area contributed by atoms with E-state index in [4.69, 9.17) is 10.5 Å². The van der Waals surface area contributed by atoms with Gasteiger partial charge in [0.25, 0.3) is 0 Å². The zero-order valence-electron chi connectivity index (χ0n) is 16.1. The average Bonchev–Trinajstić information content (AvgIpc) is 3.19. The van der Waals surface area contributed by atoms with Crippen molar-refractivity contribution in [2.24, 2.45) is 5.73 Å². The minimum Gasteiger partial charge on any atom is -0.445 e. The molecule has 1 fully saturated rings. The van der Waals surface area contributed by atoms with Gasteiger partial charge in [0.15, 0.2) is 0 Å². The summed E-state index contributed by atoms with van der Waals surface area (Å²) in [6.07, 6.45) is 1.25. The Morgan fingerprint density at radius 2 is 1.96 bits per heavy atom. The van der Waals surface area contributed by atoms with Crippen LogP contribution in [0.5, 0.6) is 0 Å². The fraction of sp³-hybridized carbons (Fsp3) is 0.500. The van der Waals surface area contributed by atoms with Gasteiger partial charge in [0.2, 0.25) is 11.8 Å². The molecule has 0 radical (unpaired) electrons. The lowest BCUT2D eigenvalue weighted by molar-refractivity contribution is -0.130. The number of nitrogens with one attached hydrogen (secondary N) is 1. The van der Waals surface area contributed by atoms with Crippen LogP contribution in [0, 0.1) is 0 Å². The molecule has 0 aromatic heterocycles. The van der Waals surface area contributed by atoms with Gasteiger partial charge in [-0.25, -0.2) is 4.79 Å². The third-order valence-corrected chi connectivity index (χ3v) is 4.76. The number of nitrogens with zero attached hydrogens (tertiary/aromatic N) is 1. The lowest BCUT2D eigenvalue weighted by Crippen LogP contribution is -2.52. The van der Waals surface area contributed by atoms with Crippen molar-refractivity contribution in [1.29, 1.82) is 0 Å². The first-order valence-electron chi connectivity index (χ1n) is 9.51. The number of Topliss-reactive ketones (excluding diaryl/α,β-unsaturated/α-hetero) is 1. The van der Waals surface area contributed by atoms with Crippen LogP contribution < -0.4 is 11.1 Å². The summed E-state index contributed by atoms with van der Waals surface area (Å²) >= 11 is 0. The minimum atomic E-state index is -0.939. The fourth-order valence-corrected chi connectivity index (χ4v) is 3.10. The van der Waals surface area contributed by atoms with Crippen molar-refractivity contribution in [1.82, 2.24) is 10.2 Å². The third-order valence-electron chi connectivity index (χ3n) is 4.76. The Morgan fingerprint density at radius 1 is 1.25 bits per heavy atom. The van der Waals surface area contributed by atoms with Crippen LogP contribution in [0.2, 0.25) is 0 Å². The summed E-state index contributed by atoms with van der Waals surface area (Å²) in [5.41, 5.74) is 6.20. The summed E-state index contributed by atoms with van der Waals surface area (Å²) in [6, 6.07) is 7.60. The molecule has 1 aliphatic heterocycles. The first-order valence-corrected chi connectivity index (χ1v) is 9.51. The zero-order chi connectivity index (χ0) is 20.5. The number of nitrogens with two attached hydrogens (primary N) is 1. The standard InChI is InChI=1S/C20H27N3O5/c1-2-15(24)10-11-16(18(21)25)22-19(26)17-9-6-12-23(17)20(27)28-13-14-7-4-3-5-8-14/h3-5,7-8,16-17H,2,6,9-13H2,1H3,(H2,21,25)(H,22,26)/t16-,17+/m0/s1. The molecular formula is C20H27N3O5.